The number of thiophene rings is 2. The number of aromatic nitrogens is 4. The van der Waals surface area contributed by atoms with Gasteiger partial charge in [0.15, 0.2) is 5.82 Å². The summed E-state index contributed by atoms with van der Waals surface area (Å²) in [5.74, 6) is 0.747. The third-order valence-electron chi connectivity index (χ3n) is 20.1. The van der Waals surface area contributed by atoms with Gasteiger partial charge in [0.2, 0.25) is 5.28 Å². The van der Waals surface area contributed by atoms with E-state index in [2.05, 4.69) is 329 Å². The highest BCUT2D eigenvalue weighted by Crippen LogP contribution is 2.46. The zero-order valence-electron chi connectivity index (χ0n) is 57.7. The number of nitrogens with zero attached hydrogens (tertiary/aromatic N) is 4. The van der Waals surface area contributed by atoms with Gasteiger partial charge in [-0.15, -0.1) is 22.7 Å². The summed E-state index contributed by atoms with van der Waals surface area (Å²) in [6.07, 6.45) is 0. The molecule has 1 saturated heterocycles. The van der Waals surface area contributed by atoms with E-state index in [1.54, 1.807) is 0 Å². The van der Waals surface area contributed by atoms with E-state index in [1.807, 2.05) is 71.2 Å². The van der Waals surface area contributed by atoms with E-state index in [0.717, 1.165) is 61.2 Å². The van der Waals surface area contributed by atoms with Crippen LogP contribution >= 0.6 is 34.3 Å². The van der Waals surface area contributed by atoms with Crippen LogP contribution in [0.5, 0.6) is 0 Å². The van der Waals surface area contributed by atoms with Gasteiger partial charge in [0.1, 0.15) is 0 Å². The average molecular weight is 1400 g/mol. The maximum atomic E-state index is 6.41. The Morgan fingerprint density at radius 1 is 0.260 bits per heavy atom. The number of para-hydroxylation sites is 2. The van der Waals surface area contributed by atoms with E-state index in [1.165, 1.54) is 107 Å². The molecule has 4 aromatic heterocycles. The lowest BCUT2D eigenvalue weighted by Gasteiger charge is -2.32. The SMILES string of the molecule is CC1(C)OB(c2cccc3c2sc2c(-c4ccc(-c5ccccc5)cc4)cccc23)OC1(C)C.Clc1nc(-c2ccc(-c3ccccc3)cc2)c2ccccc2n1.c1ccc(-c2ccc(-c3nc(-c4cccc5c4sc4c(-c6ccc(-c7ccccc7)cc6)cccc45)nc4ccccc34)cc2)cc1. The topological polar surface area (TPSA) is 70.0 Å². The standard InChI is InChI=1S/C44H28N2S.C30H27BO2S.C20H13ClN2/c1-3-11-29(12-4-1)31-21-25-33(26-22-31)35-16-9-17-36-37-18-10-19-39(43(37)47-42(35)36)44-45-40-20-8-7-15-38(40)41(46-44)34-27-23-32(24-28-34)30-13-5-2-6-14-30;1-29(2)30(3,4)33-31(32-29)26-15-9-14-25-24-13-8-12-23(27(24)34-28(25)26)22-18-16-21(17-19-22)20-10-6-5-7-11-20;21-20-22-18-9-5-4-8-17(18)19(23-20)16-12-10-15(11-13-16)14-6-2-1-3-7-14/h1-28H;5-19H,1-4H3;1-13H. The molecule has 0 saturated carbocycles. The monoisotopic (exact) mass is 1390 g/mol. The maximum Gasteiger partial charge on any atom is 0.496 e. The summed E-state index contributed by atoms with van der Waals surface area (Å²) in [4.78, 5) is 19.1. The number of halogens is 1. The van der Waals surface area contributed by atoms with Gasteiger partial charge >= 0.3 is 7.12 Å². The van der Waals surface area contributed by atoms with E-state index in [0.29, 0.717) is 0 Å². The first-order valence-electron chi connectivity index (χ1n) is 35.0. The van der Waals surface area contributed by atoms with Crippen LogP contribution in [0.3, 0.4) is 0 Å². The van der Waals surface area contributed by atoms with Crippen molar-refractivity contribution in [2.75, 3.05) is 0 Å². The minimum Gasteiger partial charge on any atom is -0.399 e. The van der Waals surface area contributed by atoms with E-state index in [-0.39, 0.29) is 23.6 Å². The van der Waals surface area contributed by atoms with Crippen LogP contribution < -0.4 is 5.46 Å². The van der Waals surface area contributed by atoms with Crippen molar-refractivity contribution in [2.24, 2.45) is 0 Å². The fraction of sp³-hybridized carbons (Fsp3) is 0.0638. The molecule has 0 bridgehead atoms. The minimum atomic E-state index is -0.365. The lowest BCUT2D eigenvalue weighted by atomic mass is 9.78. The highest BCUT2D eigenvalue weighted by molar-refractivity contribution is 7.27. The molecule has 1 aliphatic heterocycles. The zero-order valence-corrected chi connectivity index (χ0v) is 60.1. The van der Waals surface area contributed by atoms with Gasteiger partial charge < -0.3 is 9.31 Å². The summed E-state index contributed by atoms with van der Waals surface area (Å²) in [5, 5.41) is 7.35. The number of hydrogen-bond donors (Lipinski definition) is 0. The van der Waals surface area contributed by atoms with Gasteiger partial charge in [0.25, 0.3) is 0 Å². The molecule has 104 heavy (non-hydrogen) atoms. The summed E-state index contributed by atoms with van der Waals surface area (Å²) in [5.41, 5.74) is 21.8. The molecule has 0 spiro atoms. The first-order valence-corrected chi connectivity index (χ1v) is 37.0. The first kappa shape index (κ1) is 65.8. The summed E-state index contributed by atoms with van der Waals surface area (Å²) < 4.78 is 17.8. The molecule has 14 aromatic carbocycles. The van der Waals surface area contributed by atoms with E-state index in [4.69, 9.17) is 30.9 Å². The molecule has 0 aliphatic carbocycles. The van der Waals surface area contributed by atoms with Gasteiger partial charge in [-0.3, -0.25) is 0 Å². The van der Waals surface area contributed by atoms with Gasteiger partial charge in [-0.25, -0.2) is 19.9 Å². The van der Waals surface area contributed by atoms with Crippen molar-refractivity contribution >= 4 is 109 Å². The Labute approximate surface area is 618 Å². The summed E-state index contributed by atoms with van der Waals surface area (Å²) in [6, 6.07) is 119. The second-order valence-electron chi connectivity index (χ2n) is 27.1. The van der Waals surface area contributed by atoms with Gasteiger partial charge in [0, 0.05) is 67.9 Å². The molecule has 0 N–H and O–H groups in total. The van der Waals surface area contributed by atoms with Crippen molar-refractivity contribution in [3.63, 3.8) is 0 Å². The quantitative estimate of drug-likeness (QED) is 0.100. The normalized spacial score (nSPS) is 13.1. The van der Waals surface area contributed by atoms with Crippen molar-refractivity contribution in [3.05, 3.63) is 345 Å². The Morgan fingerprint density at radius 2 is 0.558 bits per heavy atom. The maximum absolute atomic E-state index is 6.41. The molecule has 1 aliphatic rings. The largest absolute Gasteiger partial charge is 0.496 e. The lowest BCUT2D eigenvalue weighted by molar-refractivity contribution is 0.00578. The van der Waals surface area contributed by atoms with E-state index in [9.17, 15) is 0 Å². The Bertz CT molecular complexity index is 6140. The van der Waals surface area contributed by atoms with E-state index < -0.39 is 0 Å². The van der Waals surface area contributed by atoms with Crippen molar-refractivity contribution in [1.29, 1.82) is 0 Å². The van der Waals surface area contributed by atoms with Gasteiger partial charge in [0.05, 0.1) is 33.6 Å². The van der Waals surface area contributed by atoms with Gasteiger partial charge in [-0.1, -0.05) is 322 Å². The molecule has 19 rings (SSSR count). The molecule has 1 fully saturated rings. The summed E-state index contributed by atoms with van der Waals surface area (Å²) in [7, 11) is -0.365. The molecule has 18 aromatic rings. The highest BCUT2D eigenvalue weighted by atomic mass is 35.5. The zero-order chi connectivity index (χ0) is 70.3. The molecule has 0 radical (unpaired) electrons. The molecular weight excluding hydrogens is 1330 g/mol. The summed E-state index contributed by atoms with van der Waals surface area (Å²) in [6.45, 7) is 8.43. The van der Waals surface area contributed by atoms with Crippen LogP contribution in [0.1, 0.15) is 27.7 Å². The molecule has 5 heterocycles. The number of fused-ring (bicyclic) bond motifs is 8. The molecule has 0 amide bonds. The van der Waals surface area contributed by atoms with Crippen molar-refractivity contribution in [2.45, 2.75) is 38.9 Å². The average Bonchev–Trinajstić information content (AvgIpc) is 1.51. The molecular formula is C94H68BClN4O2S2. The van der Waals surface area contributed by atoms with E-state index >= 15 is 0 Å². The molecule has 6 nitrogen and oxygen atoms in total. The Kier molecular flexibility index (Phi) is 17.7. The van der Waals surface area contributed by atoms with Crippen molar-refractivity contribution in [3.8, 4) is 101 Å². The smallest absolute Gasteiger partial charge is 0.399 e. The lowest BCUT2D eigenvalue weighted by Crippen LogP contribution is -2.41. The second-order valence-corrected chi connectivity index (χ2v) is 29.5. The van der Waals surface area contributed by atoms with Crippen LogP contribution in [0.25, 0.3) is 163 Å². The Morgan fingerprint density at radius 3 is 0.981 bits per heavy atom. The minimum absolute atomic E-state index is 0.269. The van der Waals surface area contributed by atoms with Gasteiger partial charge in [-0.05, 0) is 130 Å². The highest BCUT2D eigenvalue weighted by Gasteiger charge is 2.52. The Balaban J connectivity index is 0.000000123. The van der Waals surface area contributed by atoms with Crippen LogP contribution in [0, 0.1) is 0 Å². The third-order valence-corrected chi connectivity index (χ3v) is 22.9. The van der Waals surface area contributed by atoms with Crippen LogP contribution in [0.15, 0.2) is 340 Å². The third kappa shape index (κ3) is 12.8. The van der Waals surface area contributed by atoms with Crippen LogP contribution in [0.2, 0.25) is 5.28 Å². The fourth-order valence-electron chi connectivity index (χ4n) is 14.0. The van der Waals surface area contributed by atoms with Crippen LogP contribution in [-0.4, -0.2) is 38.3 Å². The molecule has 498 valence electrons. The van der Waals surface area contributed by atoms with Gasteiger partial charge in [-0.2, -0.15) is 0 Å². The Hall–Kier alpha value is -11.5. The number of hydrogen-bond acceptors (Lipinski definition) is 8. The predicted molar refractivity (Wildman–Crippen MR) is 441 cm³/mol. The first-order chi connectivity index (χ1) is 50.9. The molecule has 0 unspecified atom stereocenters. The number of benzene rings is 14. The molecule has 10 heteroatoms. The summed E-state index contributed by atoms with van der Waals surface area (Å²) >= 11 is 9.75. The van der Waals surface area contributed by atoms with Crippen molar-refractivity contribution in [1.82, 2.24) is 19.9 Å². The van der Waals surface area contributed by atoms with Crippen LogP contribution in [-0.2, 0) is 9.31 Å². The number of rotatable bonds is 10. The molecule has 0 atom stereocenters. The fourth-order valence-corrected chi connectivity index (χ4v) is 16.9. The predicted octanol–water partition coefficient (Wildman–Crippen LogP) is 25.6. The van der Waals surface area contributed by atoms with Crippen molar-refractivity contribution < 1.29 is 9.31 Å². The van der Waals surface area contributed by atoms with Crippen LogP contribution in [0.4, 0.5) is 0 Å². The second kappa shape index (κ2) is 28.0.